The van der Waals surface area contributed by atoms with Crippen molar-refractivity contribution < 1.29 is 21.1 Å². The minimum Gasteiger partial charge on any atom is -0.493 e. The summed E-state index contributed by atoms with van der Waals surface area (Å²) < 4.78 is 2.23. The number of aryl methyl sites for hydroxylation is 3. The van der Waals surface area contributed by atoms with Crippen LogP contribution in [0.15, 0.2) is 109 Å². The Balaban J connectivity index is 0.00000378. The second-order valence-corrected chi connectivity index (χ2v) is 14.1. The Hall–Kier alpha value is -4.66. The summed E-state index contributed by atoms with van der Waals surface area (Å²) in [6, 6.07) is 44.6. The van der Waals surface area contributed by atoms with Gasteiger partial charge >= 0.3 is 0 Å². The number of hydrogen-bond acceptors (Lipinski definition) is 3. The van der Waals surface area contributed by atoms with Gasteiger partial charge in [0, 0.05) is 49.8 Å². The SMILES string of the molecule is Cc1cc(C)c(N2[CH-]N(c3[c-]c(Cc4[c-]c5c(cc4)c4ccccc4n5-c4ccccn4)cc(C(C)(C)C)c3)c3ccccc32)c(C)c1.[Pt]. The summed E-state index contributed by atoms with van der Waals surface area (Å²) >= 11 is 0. The van der Waals surface area contributed by atoms with Gasteiger partial charge in [-0.2, -0.15) is 47.0 Å². The van der Waals surface area contributed by atoms with Crippen molar-refractivity contribution >= 4 is 44.6 Å². The fraction of sp³-hybridized carbons (Fsp3) is 0.182. The number of anilines is 4. The number of pyridine rings is 1. The van der Waals surface area contributed by atoms with Crippen molar-refractivity contribution in [3.63, 3.8) is 0 Å². The third-order valence-electron chi connectivity index (χ3n) is 9.45. The van der Waals surface area contributed by atoms with Crippen LogP contribution in [0.3, 0.4) is 0 Å². The molecule has 4 nitrogen and oxygen atoms in total. The van der Waals surface area contributed by atoms with Gasteiger partial charge in [-0.05, 0) is 79.5 Å². The Kier molecular flexibility index (Phi) is 8.49. The first-order chi connectivity index (χ1) is 23.2. The monoisotopic (exact) mass is 818 g/mol. The van der Waals surface area contributed by atoms with Crippen LogP contribution in [0, 0.1) is 39.6 Å². The van der Waals surface area contributed by atoms with Crippen LogP contribution in [-0.4, -0.2) is 9.55 Å². The zero-order valence-electron chi connectivity index (χ0n) is 28.8. The molecule has 49 heavy (non-hydrogen) atoms. The zero-order chi connectivity index (χ0) is 33.2. The van der Waals surface area contributed by atoms with E-state index in [2.05, 4.69) is 166 Å². The topological polar surface area (TPSA) is 24.3 Å². The number of hydrogen-bond donors (Lipinski definition) is 0. The van der Waals surface area contributed by atoms with E-state index in [1.807, 2.05) is 18.3 Å². The smallest absolute Gasteiger partial charge is 0.135 e. The third kappa shape index (κ3) is 5.87. The van der Waals surface area contributed by atoms with Crippen LogP contribution >= 0.6 is 0 Å². The summed E-state index contributed by atoms with van der Waals surface area (Å²) in [5.74, 6) is 0.896. The Morgan fingerprint density at radius 3 is 2.10 bits per heavy atom. The molecule has 0 N–H and O–H groups in total. The Labute approximate surface area is 304 Å². The molecule has 5 heteroatoms. The predicted molar refractivity (Wildman–Crippen MR) is 200 cm³/mol. The average Bonchev–Trinajstić information content (AvgIpc) is 3.60. The molecule has 5 aromatic carbocycles. The van der Waals surface area contributed by atoms with Crippen LogP contribution in [0.5, 0.6) is 0 Å². The molecule has 0 saturated heterocycles. The Bertz CT molecular complexity index is 2310. The quantitative estimate of drug-likeness (QED) is 0.162. The molecule has 0 amide bonds. The first-order valence-corrected chi connectivity index (χ1v) is 16.7. The number of para-hydroxylation sites is 3. The van der Waals surface area contributed by atoms with Gasteiger partial charge in [-0.15, -0.1) is 23.8 Å². The molecular formula is C44H39N4Pt-3. The van der Waals surface area contributed by atoms with Crippen molar-refractivity contribution in [3.8, 4) is 5.82 Å². The van der Waals surface area contributed by atoms with Crippen molar-refractivity contribution in [2.24, 2.45) is 0 Å². The fourth-order valence-corrected chi connectivity index (χ4v) is 7.27. The van der Waals surface area contributed by atoms with Crippen LogP contribution in [0.1, 0.15) is 54.2 Å². The fourth-order valence-electron chi connectivity index (χ4n) is 7.27. The summed E-state index contributed by atoms with van der Waals surface area (Å²) in [4.78, 5) is 9.36. The number of rotatable bonds is 5. The summed E-state index contributed by atoms with van der Waals surface area (Å²) in [5, 5.41) is 2.38. The normalized spacial score (nSPS) is 12.9. The Morgan fingerprint density at radius 2 is 1.39 bits per heavy atom. The number of fused-ring (bicyclic) bond motifs is 4. The molecule has 0 bridgehead atoms. The van der Waals surface area contributed by atoms with Gasteiger partial charge in [0.05, 0.1) is 0 Å². The minimum absolute atomic E-state index is 0. The van der Waals surface area contributed by atoms with E-state index in [-0.39, 0.29) is 26.5 Å². The van der Waals surface area contributed by atoms with Gasteiger partial charge in [0.2, 0.25) is 0 Å². The van der Waals surface area contributed by atoms with Crippen LogP contribution in [0.25, 0.3) is 27.6 Å². The predicted octanol–water partition coefficient (Wildman–Crippen LogP) is 11.0. The van der Waals surface area contributed by atoms with Gasteiger partial charge in [0.15, 0.2) is 0 Å². The molecule has 0 atom stereocenters. The number of benzene rings is 5. The molecule has 3 heterocycles. The van der Waals surface area contributed by atoms with Gasteiger partial charge < -0.3 is 14.4 Å². The molecule has 7 aromatic rings. The Morgan fingerprint density at radius 1 is 0.694 bits per heavy atom. The van der Waals surface area contributed by atoms with Crippen molar-refractivity contribution in [2.45, 2.75) is 53.4 Å². The van der Waals surface area contributed by atoms with Crippen LogP contribution in [-0.2, 0) is 32.9 Å². The van der Waals surface area contributed by atoms with Gasteiger partial charge in [0.25, 0.3) is 0 Å². The maximum Gasteiger partial charge on any atom is 0.135 e. The molecule has 0 unspecified atom stereocenters. The van der Waals surface area contributed by atoms with E-state index >= 15 is 0 Å². The summed E-state index contributed by atoms with van der Waals surface area (Å²) in [5.41, 5.74) is 14.1. The first kappa shape index (κ1) is 32.9. The zero-order valence-corrected chi connectivity index (χ0v) is 31.1. The third-order valence-corrected chi connectivity index (χ3v) is 9.45. The number of nitrogens with zero attached hydrogens (tertiary/aromatic N) is 4. The molecule has 2 aromatic heterocycles. The average molecular weight is 819 g/mol. The minimum atomic E-state index is -0.0409. The van der Waals surface area contributed by atoms with Crippen molar-refractivity contribution in [2.75, 3.05) is 9.80 Å². The van der Waals surface area contributed by atoms with Gasteiger partial charge in [-0.1, -0.05) is 80.4 Å². The standard InChI is InChI=1S/C44H39N4.Pt/c1-29-21-30(2)43(31(3)22-29)47-28-46(39-15-9-10-16-40(39)47)35-25-33(24-34(27-35)44(4,5)6)23-32-18-19-37-36-13-7-8-14-38(36)48(41(37)26-32)42-17-11-12-20-45-42;/h7-22,24,27-28H,23H2,1-6H3;/q-3;. The molecule has 0 spiro atoms. The van der Waals surface area contributed by atoms with Crippen LogP contribution in [0.4, 0.5) is 22.7 Å². The van der Waals surface area contributed by atoms with Crippen LogP contribution in [0.2, 0.25) is 0 Å². The van der Waals surface area contributed by atoms with Crippen molar-refractivity contribution in [3.05, 3.63) is 162 Å². The van der Waals surface area contributed by atoms with E-state index in [0.29, 0.717) is 6.42 Å². The molecular weight excluding hydrogens is 780 g/mol. The second kappa shape index (κ2) is 12.7. The van der Waals surface area contributed by atoms with Crippen LogP contribution < -0.4 is 9.80 Å². The van der Waals surface area contributed by atoms with Gasteiger partial charge in [-0.25, -0.2) is 4.98 Å². The maximum atomic E-state index is 4.71. The molecule has 1 aliphatic rings. The number of aromatic nitrogens is 2. The summed E-state index contributed by atoms with van der Waals surface area (Å²) in [6.45, 7) is 15.7. The van der Waals surface area contributed by atoms with E-state index in [1.165, 1.54) is 44.4 Å². The second-order valence-electron chi connectivity index (χ2n) is 14.1. The van der Waals surface area contributed by atoms with E-state index in [9.17, 15) is 0 Å². The molecule has 0 aliphatic carbocycles. The van der Waals surface area contributed by atoms with E-state index < -0.39 is 0 Å². The van der Waals surface area contributed by atoms with Crippen molar-refractivity contribution in [1.29, 1.82) is 0 Å². The largest absolute Gasteiger partial charge is 0.493 e. The summed E-state index contributed by atoms with van der Waals surface area (Å²) in [6.07, 6.45) is 2.57. The first-order valence-electron chi connectivity index (χ1n) is 16.7. The summed E-state index contributed by atoms with van der Waals surface area (Å²) in [7, 11) is 0. The molecule has 1 aliphatic heterocycles. The molecule has 0 fully saturated rings. The van der Waals surface area contributed by atoms with E-state index in [0.717, 1.165) is 39.4 Å². The molecule has 0 radical (unpaired) electrons. The van der Waals surface area contributed by atoms with Gasteiger partial charge in [-0.3, -0.25) is 0 Å². The molecule has 248 valence electrons. The van der Waals surface area contributed by atoms with Crippen molar-refractivity contribution in [1.82, 2.24) is 9.55 Å². The van der Waals surface area contributed by atoms with E-state index in [4.69, 9.17) is 4.98 Å². The van der Waals surface area contributed by atoms with Gasteiger partial charge in [0.1, 0.15) is 5.82 Å². The van der Waals surface area contributed by atoms with E-state index in [1.54, 1.807) is 0 Å². The maximum absolute atomic E-state index is 4.71. The molecule has 8 rings (SSSR count). The molecule has 0 saturated carbocycles.